The predicted molar refractivity (Wildman–Crippen MR) is 56.6 cm³/mol. The predicted octanol–water partition coefficient (Wildman–Crippen LogP) is 0.175. The third-order valence-corrected chi connectivity index (χ3v) is 2.61. The number of amides is 1. The number of nitrogens with one attached hydrogen (secondary N) is 1. The molecule has 0 aromatic carbocycles. The average molecular weight is 207 g/mol. The highest BCUT2D eigenvalue weighted by Crippen LogP contribution is 2.23. The first-order valence-corrected chi connectivity index (χ1v) is 4.70. The highest BCUT2D eigenvalue weighted by atomic mass is 16.2. The number of hydrogen-bond acceptors (Lipinski definition) is 3. The molecular formula is C10H13N3O2. The maximum Gasteiger partial charge on any atom is 0.276 e. The Morgan fingerprint density at radius 1 is 1.40 bits per heavy atom. The van der Waals surface area contributed by atoms with Gasteiger partial charge in [-0.1, -0.05) is 0 Å². The Kier molecular flexibility index (Phi) is 1.71. The number of nitrogens with zero attached hydrogens (tertiary/aromatic N) is 1. The van der Waals surface area contributed by atoms with E-state index in [1.165, 1.54) is 10.6 Å². The summed E-state index contributed by atoms with van der Waals surface area (Å²) in [4.78, 5) is 23.5. The highest BCUT2D eigenvalue weighted by molar-refractivity contribution is 5.96. The Morgan fingerprint density at radius 3 is 2.60 bits per heavy atom. The topological polar surface area (TPSA) is 77.1 Å². The zero-order valence-electron chi connectivity index (χ0n) is 8.92. The number of carbonyl (C=O) groups excluding carboxylic acids is 1. The molecule has 1 aromatic heterocycles. The molecule has 0 saturated heterocycles. The Hall–Kier alpha value is -1.78. The second-order valence-electron chi connectivity index (χ2n) is 4.29. The molecule has 15 heavy (non-hydrogen) atoms. The maximum atomic E-state index is 11.8. The molecule has 3 N–H and O–H groups in total. The van der Waals surface area contributed by atoms with E-state index < -0.39 is 5.66 Å². The molecule has 1 aromatic rings. The van der Waals surface area contributed by atoms with Gasteiger partial charge < -0.3 is 11.1 Å². The smallest absolute Gasteiger partial charge is 0.276 e. The van der Waals surface area contributed by atoms with Crippen molar-refractivity contribution < 1.29 is 4.79 Å². The summed E-state index contributed by atoms with van der Waals surface area (Å²) in [5, 5.41) is 2.74. The molecule has 0 aliphatic carbocycles. The molecule has 5 heteroatoms. The normalized spacial score (nSPS) is 17.4. The van der Waals surface area contributed by atoms with Crippen molar-refractivity contribution in [3.8, 4) is 0 Å². The fourth-order valence-electron chi connectivity index (χ4n) is 1.98. The van der Waals surface area contributed by atoms with Crippen LogP contribution in [0.15, 0.2) is 10.9 Å². The Morgan fingerprint density at radius 2 is 2.00 bits per heavy atom. The van der Waals surface area contributed by atoms with Crippen LogP contribution in [0.4, 0.5) is 5.69 Å². The molecule has 1 aliphatic heterocycles. The first kappa shape index (κ1) is 9.76. The van der Waals surface area contributed by atoms with Crippen LogP contribution in [-0.2, 0) is 5.66 Å². The molecule has 0 radical (unpaired) electrons. The van der Waals surface area contributed by atoms with E-state index in [0.29, 0.717) is 5.69 Å². The van der Waals surface area contributed by atoms with E-state index in [0.717, 1.165) is 5.56 Å². The van der Waals surface area contributed by atoms with Crippen LogP contribution in [0, 0.1) is 6.92 Å². The minimum absolute atomic E-state index is 0.167. The molecule has 0 spiro atoms. The van der Waals surface area contributed by atoms with Crippen LogP contribution in [0.2, 0.25) is 0 Å². The van der Waals surface area contributed by atoms with E-state index in [1.54, 1.807) is 20.8 Å². The number of nitrogen functional groups attached to an aromatic ring is 1. The number of nitrogens with two attached hydrogens (primary N) is 1. The van der Waals surface area contributed by atoms with Crippen molar-refractivity contribution in [1.29, 1.82) is 0 Å². The van der Waals surface area contributed by atoms with Crippen molar-refractivity contribution >= 4 is 11.6 Å². The van der Waals surface area contributed by atoms with Crippen LogP contribution in [0.25, 0.3) is 0 Å². The van der Waals surface area contributed by atoms with Gasteiger partial charge in [-0.15, -0.1) is 0 Å². The fraction of sp³-hybridized carbons (Fsp3) is 0.400. The minimum atomic E-state index is -0.705. The SMILES string of the molecule is Cc1cc(N)c(=O)n2c1C(=O)NC2(C)C. The van der Waals surface area contributed by atoms with Crippen molar-refractivity contribution in [3.63, 3.8) is 0 Å². The summed E-state index contributed by atoms with van der Waals surface area (Å²) in [6.07, 6.45) is 0. The van der Waals surface area contributed by atoms with Crippen molar-refractivity contribution in [1.82, 2.24) is 9.88 Å². The molecule has 1 amide bonds. The van der Waals surface area contributed by atoms with E-state index in [1.807, 2.05) is 0 Å². The molecular weight excluding hydrogens is 194 g/mol. The molecule has 0 fully saturated rings. The summed E-state index contributed by atoms with van der Waals surface area (Å²) >= 11 is 0. The van der Waals surface area contributed by atoms with Gasteiger partial charge in [-0.25, -0.2) is 0 Å². The fourth-order valence-corrected chi connectivity index (χ4v) is 1.98. The van der Waals surface area contributed by atoms with E-state index >= 15 is 0 Å². The summed E-state index contributed by atoms with van der Waals surface area (Å²) in [6.45, 7) is 5.30. The minimum Gasteiger partial charge on any atom is -0.394 e. The second-order valence-corrected chi connectivity index (χ2v) is 4.29. The van der Waals surface area contributed by atoms with Crippen LogP contribution in [-0.4, -0.2) is 10.5 Å². The van der Waals surface area contributed by atoms with Crippen molar-refractivity contribution in [2.24, 2.45) is 0 Å². The van der Waals surface area contributed by atoms with Gasteiger partial charge in [0.15, 0.2) is 0 Å². The van der Waals surface area contributed by atoms with Gasteiger partial charge in [0, 0.05) is 0 Å². The molecule has 0 unspecified atom stereocenters. The summed E-state index contributed by atoms with van der Waals surface area (Å²) in [6, 6.07) is 1.54. The summed E-state index contributed by atoms with van der Waals surface area (Å²) in [7, 11) is 0. The van der Waals surface area contributed by atoms with Crippen LogP contribution in [0.3, 0.4) is 0 Å². The lowest BCUT2D eigenvalue weighted by molar-refractivity contribution is 0.0934. The summed E-state index contributed by atoms with van der Waals surface area (Å²) in [5.74, 6) is -0.227. The highest BCUT2D eigenvalue weighted by Gasteiger charge is 2.37. The zero-order chi connectivity index (χ0) is 11.4. The third-order valence-electron chi connectivity index (χ3n) is 2.61. The van der Waals surface area contributed by atoms with Crippen molar-refractivity contribution in [3.05, 3.63) is 27.7 Å². The van der Waals surface area contributed by atoms with Gasteiger partial charge in [0.1, 0.15) is 11.4 Å². The number of hydrogen-bond donors (Lipinski definition) is 2. The Balaban J connectivity index is 2.91. The summed E-state index contributed by atoms with van der Waals surface area (Å²) in [5.41, 5.74) is 5.85. The Bertz CT molecular complexity index is 514. The molecule has 2 heterocycles. The molecule has 0 saturated carbocycles. The van der Waals surface area contributed by atoms with Gasteiger partial charge in [0.25, 0.3) is 11.5 Å². The number of rotatable bonds is 0. The number of aromatic nitrogens is 1. The maximum absolute atomic E-state index is 11.8. The van der Waals surface area contributed by atoms with E-state index in [-0.39, 0.29) is 17.2 Å². The largest absolute Gasteiger partial charge is 0.394 e. The molecule has 80 valence electrons. The number of carbonyl (C=O) groups is 1. The van der Waals surface area contributed by atoms with Crippen LogP contribution >= 0.6 is 0 Å². The van der Waals surface area contributed by atoms with Crippen LogP contribution < -0.4 is 16.6 Å². The quantitative estimate of drug-likeness (QED) is 0.636. The number of fused-ring (bicyclic) bond motifs is 1. The Labute approximate surface area is 86.9 Å². The van der Waals surface area contributed by atoms with E-state index in [4.69, 9.17) is 5.73 Å². The number of pyridine rings is 1. The van der Waals surface area contributed by atoms with Crippen molar-refractivity contribution in [2.75, 3.05) is 5.73 Å². The van der Waals surface area contributed by atoms with Gasteiger partial charge >= 0.3 is 0 Å². The first-order valence-electron chi connectivity index (χ1n) is 4.70. The van der Waals surface area contributed by atoms with E-state index in [2.05, 4.69) is 5.32 Å². The van der Waals surface area contributed by atoms with Crippen LogP contribution in [0.1, 0.15) is 29.9 Å². The lowest BCUT2D eigenvalue weighted by Crippen LogP contribution is -2.42. The standard InChI is InChI=1S/C10H13N3O2/c1-5-4-6(11)9(15)13-7(5)8(14)12-10(13,2)3/h4H,11H2,1-3H3,(H,12,14). The molecule has 5 nitrogen and oxygen atoms in total. The summed E-state index contributed by atoms with van der Waals surface area (Å²) < 4.78 is 1.42. The van der Waals surface area contributed by atoms with Crippen molar-refractivity contribution in [2.45, 2.75) is 26.4 Å². The van der Waals surface area contributed by atoms with E-state index in [9.17, 15) is 9.59 Å². The van der Waals surface area contributed by atoms with Gasteiger partial charge in [0.05, 0.1) is 5.69 Å². The zero-order valence-corrected chi connectivity index (χ0v) is 8.92. The van der Waals surface area contributed by atoms with Gasteiger partial charge in [-0.3, -0.25) is 14.2 Å². The van der Waals surface area contributed by atoms with Gasteiger partial charge in [-0.2, -0.15) is 0 Å². The number of aryl methyl sites for hydroxylation is 1. The van der Waals surface area contributed by atoms with Gasteiger partial charge in [-0.05, 0) is 32.4 Å². The molecule has 0 bridgehead atoms. The lowest BCUT2D eigenvalue weighted by atomic mass is 10.2. The van der Waals surface area contributed by atoms with Crippen LogP contribution in [0.5, 0.6) is 0 Å². The monoisotopic (exact) mass is 207 g/mol. The third kappa shape index (κ3) is 1.16. The first-order chi connectivity index (χ1) is 6.84. The second kappa shape index (κ2) is 2.62. The molecule has 0 atom stereocenters. The molecule has 1 aliphatic rings. The average Bonchev–Trinajstić information content (AvgIpc) is 2.32. The number of anilines is 1. The van der Waals surface area contributed by atoms with Gasteiger partial charge in [0.2, 0.25) is 0 Å². The lowest BCUT2D eigenvalue weighted by Gasteiger charge is -2.21. The molecule has 2 rings (SSSR count).